The number of hydrogen-bond acceptors (Lipinski definition) is 5. The number of nitrogens with two attached hydrogens (primary N) is 2. The summed E-state index contributed by atoms with van der Waals surface area (Å²) >= 11 is 1.43. The Labute approximate surface area is 174 Å². The first kappa shape index (κ1) is 20.7. The van der Waals surface area contributed by atoms with Gasteiger partial charge in [-0.2, -0.15) is 0 Å². The van der Waals surface area contributed by atoms with Crippen LogP contribution >= 0.6 is 11.8 Å². The number of nitrogen functional groups attached to an aromatic ring is 1. The molecule has 1 heterocycles. The first-order valence-electron chi connectivity index (χ1n) is 9.53. The monoisotopic (exact) mass is 408 g/mol. The summed E-state index contributed by atoms with van der Waals surface area (Å²) < 4.78 is 0. The SMILES string of the molecule is CCCCCSc1nc(N)c(C(=O)Nc2cccc3ccccc23)cc1C(N)=O. The lowest BCUT2D eigenvalue weighted by molar-refractivity contribution is 0.0997. The summed E-state index contributed by atoms with van der Waals surface area (Å²) in [7, 11) is 0. The van der Waals surface area contributed by atoms with Gasteiger partial charge in [-0.1, -0.05) is 56.2 Å². The second-order valence-corrected chi connectivity index (χ2v) is 7.76. The number of rotatable bonds is 8. The summed E-state index contributed by atoms with van der Waals surface area (Å²) in [4.78, 5) is 29.1. The van der Waals surface area contributed by atoms with Gasteiger partial charge in [-0.05, 0) is 29.7 Å². The van der Waals surface area contributed by atoms with Crippen LogP contribution in [-0.2, 0) is 0 Å². The normalized spacial score (nSPS) is 10.8. The topological polar surface area (TPSA) is 111 Å². The fourth-order valence-electron chi connectivity index (χ4n) is 3.02. The molecule has 2 amide bonds. The van der Waals surface area contributed by atoms with Crippen molar-refractivity contribution in [3.8, 4) is 0 Å². The predicted octanol–water partition coefficient (Wildman–Crippen LogP) is 4.45. The van der Waals surface area contributed by atoms with Crippen molar-refractivity contribution in [2.45, 2.75) is 31.2 Å². The number of amides is 2. The van der Waals surface area contributed by atoms with Gasteiger partial charge in [0.2, 0.25) is 0 Å². The Hall–Kier alpha value is -3.06. The van der Waals surface area contributed by atoms with Gasteiger partial charge in [0.25, 0.3) is 11.8 Å². The van der Waals surface area contributed by atoms with Gasteiger partial charge in [0.05, 0.1) is 11.1 Å². The molecular weight excluding hydrogens is 384 g/mol. The zero-order valence-electron chi connectivity index (χ0n) is 16.3. The van der Waals surface area contributed by atoms with Crippen molar-refractivity contribution < 1.29 is 9.59 Å². The minimum atomic E-state index is -0.630. The number of carbonyl (C=O) groups is 2. The van der Waals surface area contributed by atoms with Crippen molar-refractivity contribution in [3.63, 3.8) is 0 Å². The maximum Gasteiger partial charge on any atom is 0.259 e. The van der Waals surface area contributed by atoms with E-state index in [0.29, 0.717) is 10.7 Å². The lowest BCUT2D eigenvalue weighted by Crippen LogP contribution is -2.19. The highest BCUT2D eigenvalue weighted by Gasteiger charge is 2.19. The standard InChI is InChI=1S/C22H24N4O2S/c1-2-3-6-12-29-22-17(20(24)27)13-16(19(23)26-22)21(28)25-18-11-7-9-14-8-4-5-10-15(14)18/h4-5,7-11,13H,2-3,6,12H2,1H3,(H2,23,26)(H2,24,27)(H,25,28). The molecule has 0 bridgehead atoms. The van der Waals surface area contributed by atoms with E-state index in [-0.39, 0.29) is 16.9 Å². The number of carbonyl (C=O) groups excluding carboxylic acids is 2. The van der Waals surface area contributed by atoms with E-state index in [9.17, 15) is 9.59 Å². The molecular formula is C22H24N4O2S. The average molecular weight is 409 g/mol. The number of nitrogens with one attached hydrogen (secondary N) is 1. The highest BCUT2D eigenvalue weighted by Crippen LogP contribution is 2.27. The molecule has 0 atom stereocenters. The molecule has 0 unspecified atom stereocenters. The molecule has 3 aromatic rings. The van der Waals surface area contributed by atoms with E-state index in [0.717, 1.165) is 35.8 Å². The van der Waals surface area contributed by atoms with Crippen LogP contribution in [0.5, 0.6) is 0 Å². The fraction of sp³-hybridized carbons (Fsp3) is 0.227. The Kier molecular flexibility index (Phi) is 6.72. The van der Waals surface area contributed by atoms with E-state index < -0.39 is 11.8 Å². The third kappa shape index (κ3) is 4.86. The molecule has 5 N–H and O–H groups in total. The second kappa shape index (κ2) is 9.43. The number of fused-ring (bicyclic) bond motifs is 1. The van der Waals surface area contributed by atoms with Crippen LogP contribution in [0.4, 0.5) is 11.5 Å². The molecule has 0 aliphatic rings. The van der Waals surface area contributed by atoms with Crippen LogP contribution in [0, 0.1) is 0 Å². The molecule has 3 rings (SSSR count). The van der Waals surface area contributed by atoms with Gasteiger partial charge in [0, 0.05) is 11.1 Å². The van der Waals surface area contributed by atoms with Crippen LogP contribution in [0.15, 0.2) is 53.6 Å². The van der Waals surface area contributed by atoms with Crippen molar-refractivity contribution in [2.24, 2.45) is 5.73 Å². The number of hydrogen-bond donors (Lipinski definition) is 3. The first-order valence-corrected chi connectivity index (χ1v) is 10.5. The van der Waals surface area contributed by atoms with Gasteiger partial charge >= 0.3 is 0 Å². The number of thioether (sulfide) groups is 1. The van der Waals surface area contributed by atoms with Gasteiger partial charge in [0.1, 0.15) is 10.8 Å². The third-order valence-electron chi connectivity index (χ3n) is 4.55. The van der Waals surface area contributed by atoms with Gasteiger partial charge in [-0.3, -0.25) is 9.59 Å². The highest BCUT2D eigenvalue weighted by atomic mass is 32.2. The lowest BCUT2D eigenvalue weighted by atomic mass is 10.1. The molecule has 2 aromatic carbocycles. The van der Waals surface area contributed by atoms with Crippen molar-refractivity contribution in [1.82, 2.24) is 4.98 Å². The average Bonchev–Trinajstić information content (AvgIpc) is 2.71. The maximum atomic E-state index is 12.9. The van der Waals surface area contributed by atoms with Crippen LogP contribution in [0.1, 0.15) is 46.9 Å². The van der Waals surface area contributed by atoms with E-state index in [2.05, 4.69) is 17.2 Å². The molecule has 0 aliphatic carbocycles. The Morgan fingerprint density at radius 3 is 2.59 bits per heavy atom. The molecule has 0 saturated heterocycles. The Balaban J connectivity index is 1.88. The molecule has 0 aliphatic heterocycles. The summed E-state index contributed by atoms with van der Waals surface area (Å²) in [5.74, 6) is -0.181. The molecule has 0 fully saturated rings. The third-order valence-corrected chi connectivity index (χ3v) is 5.63. The summed E-state index contributed by atoms with van der Waals surface area (Å²) in [6.07, 6.45) is 3.20. The van der Waals surface area contributed by atoms with Gasteiger partial charge in [-0.25, -0.2) is 4.98 Å². The van der Waals surface area contributed by atoms with E-state index in [1.807, 2.05) is 42.5 Å². The number of primary amides is 1. The highest BCUT2D eigenvalue weighted by molar-refractivity contribution is 7.99. The van der Waals surface area contributed by atoms with E-state index in [1.54, 1.807) is 0 Å². The van der Waals surface area contributed by atoms with Crippen molar-refractivity contribution >= 4 is 45.9 Å². The quantitative estimate of drug-likeness (QED) is 0.377. The Morgan fingerprint density at radius 1 is 1.07 bits per heavy atom. The number of anilines is 2. The van der Waals surface area contributed by atoms with Crippen molar-refractivity contribution in [2.75, 3.05) is 16.8 Å². The first-order chi connectivity index (χ1) is 14.0. The number of benzene rings is 2. The molecule has 0 spiro atoms. The van der Waals surface area contributed by atoms with Crippen LogP contribution in [0.3, 0.4) is 0 Å². The van der Waals surface area contributed by atoms with Crippen molar-refractivity contribution in [1.29, 1.82) is 0 Å². The van der Waals surface area contributed by atoms with Crippen LogP contribution in [0.2, 0.25) is 0 Å². The van der Waals surface area contributed by atoms with Gasteiger partial charge in [-0.15, -0.1) is 11.8 Å². The van der Waals surface area contributed by atoms with Crippen molar-refractivity contribution in [3.05, 3.63) is 59.7 Å². The van der Waals surface area contributed by atoms with Gasteiger partial charge in [0.15, 0.2) is 0 Å². The zero-order valence-corrected chi connectivity index (χ0v) is 17.1. The number of nitrogens with zero attached hydrogens (tertiary/aromatic N) is 1. The molecule has 6 nitrogen and oxygen atoms in total. The minimum absolute atomic E-state index is 0.0747. The number of unbranched alkanes of at least 4 members (excludes halogenated alkanes) is 2. The zero-order chi connectivity index (χ0) is 20.8. The molecule has 1 aromatic heterocycles. The molecule has 7 heteroatoms. The smallest absolute Gasteiger partial charge is 0.259 e. The summed E-state index contributed by atoms with van der Waals surface area (Å²) in [6, 6.07) is 14.8. The number of pyridine rings is 1. The van der Waals surface area contributed by atoms with Crippen LogP contribution in [0.25, 0.3) is 10.8 Å². The summed E-state index contributed by atoms with van der Waals surface area (Å²) in [6.45, 7) is 2.12. The summed E-state index contributed by atoms with van der Waals surface area (Å²) in [5.41, 5.74) is 12.6. The Bertz CT molecular complexity index is 1050. The molecule has 0 saturated carbocycles. The molecule has 29 heavy (non-hydrogen) atoms. The predicted molar refractivity (Wildman–Crippen MR) is 119 cm³/mol. The van der Waals surface area contributed by atoms with E-state index in [1.165, 1.54) is 17.8 Å². The van der Waals surface area contributed by atoms with Gasteiger partial charge < -0.3 is 16.8 Å². The van der Waals surface area contributed by atoms with Crippen LogP contribution in [-0.4, -0.2) is 22.6 Å². The largest absolute Gasteiger partial charge is 0.383 e. The fourth-order valence-corrected chi connectivity index (χ4v) is 4.04. The van der Waals surface area contributed by atoms with E-state index >= 15 is 0 Å². The number of aromatic nitrogens is 1. The van der Waals surface area contributed by atoms with Crippen LogP contribution < -0.4 is 16.8 Å². The maximum absolute atomic E-state index is 12.9. The lowest BCUT2D eigenvalue weighted by Gasteiger charge is -2.13. The minimum Gasteiger partial charge on any atom is -0.383 e. The molecule has 150 valence electrons. The molecule has 0 radical (unpaired) electrons. The second-order valence-electron chi connectivity index (χ2n) is 6.67. The summed E-state index contributed by atoms with van der Waals surface area (Å²) in [5, 5.41) is 5.25. The Morgan fingerprint density at radius 2 is 1.83 bits per heavy atom. The van der Waals surface area contributed by atoms with E-state index in [4.69, 9.17) is 11.5 Å².